The number of nitrogens with one attached hydrogen (secondary N) is 2. The van der Waals surface area contributed by atoms with E-state index in [9.17, 15) is 4.79 Å². The molecule has 2 heterocycles. The van der Waals surface area contributed by atoms with E-state index in [1.807, 2.05) is 0 Å². The number of morpholine rings is 1. The number of thiazole rings is 1. The highest BCUT2D eigenvalue weighted by molar-refractivity contribution is 7.09. The highest BCUT2D eigenvalue weighted by atomic mass is 32.1. The van der Waals surface area contributed by atoms with E-state index in [0.29, 0.717) is 25.5 Å². The Hall–Kier alpha value is -0.980. The van der Waals surface area contributed by atoms with Gasteiger partial charge < -0.3 is 15.4 Å². The molecule has 0 aromatic carbocycles. The van der Waals surface area contributed by atoms with Gasteiger partial charge in [0.1, 0.15) is 0 Å². The van der Waals surface area contributed by atoms with E-state index in [1.165, 1.54) is 37.8 Å². The number of carbonyl (C=O) groups is 1. The second kappa shape index (κ2) is 8.76. The van der Waals surface area contributed by atoms with E-state index >= 15 is 0 Å². The van der Waals surface area contributed by atoms with Crippen molar-refractivity contribution < 1.29 is 9.53 Å². The first-order valence-corrected chi connectivity index (χ1v) is 9.71. The molecule has 0 spiro atoms. The Labute approximate surface area is 142 Å². The Morgan fingerprint density at radius 1 is 1.39 bits per heavy atom. The molecule has 1 aliphatic carbocycles. The normalized spacial score (nSPS) is 22.9. The van der Waals surface area contributed by atoms with Gasteiger partial charge in [-0.3, -0.25) is 4.79 Å². The summed E-state index contributed by atoms with van der Waals surface area (Å²) in [5.74, 6) is 0.762. The number of hydrogen-bond donors (Lipinski definition) is 2. The summed E-state index contributed by atoms with van der Waals surface area (Å²) in [4.78, 5) is 16.7. The van der Waals surface area contributed by atoms with Crippen LogP contribution in [0.15, 0.2) is 5.38 Å². The fourth-order valence-corrected chi connectivity index (χ4v) is 4.26. The minimum atomic E-state index is 0.0945. The molecule has 1 aromatic rings. The number of hydrogen-bond acceptors (Lipinski definition) is 5. The van der Waals surface area contributed by atoms with Crippen LogP contribution in [0.1, 0.15) is 55.1 Å². The zero-order valence-electron chi connectivity index (χ0n) is 13.7. The molecule has 0 radical (unpaired) electrons. The molecular weight excluding hydrogens is 310 g/mol. The van der Waals surface area contributed by atoms with Gasteiger partial charge >= 0.3 is 0 Å². The number of amides is 1. The Morgan fingerprint density at radius 3 is 3.04 bits per heavy atom. The molecule has 3 rings (SSSR count). The van der Waals surface area contributed by atoms with Crippen molar-refractivity contribution in [3.63, 3.8) is 0 Å². The van der Waals surface area contributed by atoms with Gasteiger partial charge in [0.05, 0.1) is 23.9 Å². The van der Waals surface area contributed by atoms with Crippen molar-refractivity contribution in [1.29, 1.82) is 0 Å². The number of aromatic nitrogens is 1. The summed E-state index contributed by atoms with van der Waals surface area (Å²) in [7, 11) is 0. The average Bonchev–Trinajstić information content (AvgIpc) is 3.05. The molecule has 1 saturated heterocycles. The predicted octanol–water partition coefficient (Wildman–Crippen LogP) is 2.23. The molecule has 6 heteroatoms. The van der Waals surface area contributed by atoms with Crippen molar-refractivity contribution >= 4 is 17.2 Å². The SMILES string of the molecule is O=C(CC1COCCN1)NCCc1nc(C2CCCCC2)cs1. The van der Waals surface area contributed by atoms with Crippen molar-refractivity contribution in [1.82, 2.24) is 15.6 Å². The molecule has 1 aliphatic heterocycles. The predicted molar refractivity (Wildman–Crippen MR) is 91.9 cm³/mol. The van der Waals surface area contributed by atoms with Crippen molar-refractivity contribution in [3.05, 3.63) is 16.1 Å². The number of rotatable bonds is 6. The Balaban J connectivity index is 1.36. The molecule has 2 aliphatic rings. The molecule has 2 N–H and O–H groups in total. The highest BCUT2D eigenvalue weighted by Gasteiger charge is 2.19. The van der Waals surface area contributed by atoms with Crippen molar-refractivity contribution in [2.75, 3.05) is 26.3 Å². The monoisotopic (exact) mass is 337 g/mol. The maximum Gasteiger partial charge on any atom is 0.221 e. The van der Waals surface area contributed by atoms with Crippen LogP contribution in [0.4, 0.5) is 0 Å². The quantitative estimate of drug-likeness (QED) is 0.835. The van der Waals surface area contributed by atoms with Gasteiger partial charge in [-0.05, 0) is 12.8 Å². The van der Waals surface area contributed by atoms with Gasteiger partial charge in [0, 0.05) is 43.3 Å². The molecule has 2 fully saturated rings. The van der Waals surface area contributed by atoms with Crippen LogP contribution >= 0.6 is 11.3 Å². The van der Waals surface area contributed by atoms with Gasteiger partial charge in [0.2, 0.25) is 5.91 Å². The lowest BCUT2D eigenvalue weighted by Crippen LogP contribution is -2.44. The molecule has 0 bridgehead atoms. The average molecular weight is 337 g/mol. The minimum Gasteiger partial charge on any atom is -0.378 e. The fourth-order valence-electron chi connectivity index (χ4n) is 3.38. The second-order valence-corrected chi connectivity index (χ2v) is 7.47. The van der Waals surface area contributed by atoms with Gasteiger partial charge in [0.25, 0.3) is 0 Å². The van der Waals surface area contributed by atoms with E-state index in [4.69, 9.17) is 9.72 Å². The first-order chi connectivity index (χ1) is 11.3. The van der Waals surface area contributed by atoms with Crippen LogP contribution in [0.5, 0.6) is 0 Å². The first-order valence-electron chi connectivity index (χ1n) is 8.83. The highest BCUT2D eigenvalue weighted by Crippen LogP contribution is 2.33. The van der Waals surface area contributed by atoms with Crippen LogP contribution in [0.25, 0.3) is 0 Å². The van der Waals surface area contributed by atoms with Crippen molar-refractivity contribution in [3.8, 4) is 0 Å². The fraction of sp³-hybridized carbons (Fsp3) is 0.765. The molecule has 23 heavy (non-hydrogen) atoms. The maximum atomic E-state index is 11.9. The van der Waals surface area contributed by atoms with E-state index in [0.717, 1.165) is 24.6 Å². The van der Waals surface area contributed by atoms with Crippen LogP contribution in [0.3, 0.4) is 0 Å². The first kappa shape index (κ1) is 16.9. The third-order valence-electron chi connectivity index (χ3n) is 4.68. The summed E-state index contributed by atoms with van der Waals surface area (Å²) >= 11 is 1.74. The molecule has 1 saturated carbocycles. The van der Waals surface area contributed by atoms with E-state index in [-0.39, 0.29) is 11.9 Å². The van der Waals surface area contributed by atoms with Crippen LogP contribution in [-0.2, 0) is 16.0 Å². The summed E-state index contributed by atoms with van der Waals surface area (Å²) in [6.45, 7) is 2.88. The van der Waals surface area contributed by atoms with Crippen LogP contribution in [0, 0.1) is 0 Å². The number of ether oxygens (including phenoxy) is 1. The van der Waals surface area contributed by atoms with Gasteiger partial charge in [-0.1, -0.05) is 19.3 Å². The molecular formula is C17H27N3O2S. The minimum absolute atomic E-state index is 0.0945. The lowest BCUT2D eigenvalue weighted by atomic mass is 9.87. The third-order valence-corrected chi connectivity index (χ3v) is 5.61. The Bertz CT molecular complexity index is 494. The molecule has 1 atom stereocenters. The number of nitrogens with zero attached hydrogens (tertiary/aromatic N) is 1. The number of carbonyl (C=O) groups excluding carboxylic acids is 1. The standard InChI is InChI=1S/C17H27N3O2S/c21-16(10-14-11-22-9-8-18-14)19-7-6-17-20-15(12-23-17)13-4-2-1-3-5-13/h12-14,18H,1-11H2,(H,19,21). The van der Waals surface area contributed by atoms with Gasteiger partial charge in [0.15, 0.2) is 0 Å². The summed E-state index contributed by atoms with van der Waals surface area (Å²) < 4.78 is 5.37. The topological polar surface area (TPSA) is 63.2 Å². The Kier molecular flexibility index (Phi) is 6.42. The zero-order valence-corrected chi connectivity index (χ0v) is 14.5. The maximum absolute atomic E-state index is 11.9. The molecule has 5 nitrogen and oxygen atoms in total. The van der Waals surface area contributed by atoms with Gasteiger partial charge in [-0.25, -0.2) is 4.98 Å². The largest absolute Gasteiger partial charge is 0.378 e. The van der Waals surface area contributed by atoms with Crippen LogP contribution < -0.4 is 10.6 Å². The van der Waals surface area contributed by atoms with E-state index in [2.05, 4.69) is 16.0 Å². The second-order valence-electron chi connectivity index (χ2n) is 6.53. The van der Waals surface area contributed by atoms with Crippen LogP contribution in [0.2, 0.25) is 0 Å². The summed E-state index contributed by atoms with van der Waals surface area (Å²) in [6.07, 6.45) is 7.95. The lowest BCUT2D eigenvalue weighted by Gasteiger charge is -2.23. The van der Waals surface area contributed by atoms with Crippen molar-refractivity contribution in [2.45, 2.75) is 56.9 Å². The summed E-state index contributed by atoms with van der Waals surface area (Å²) in [6, 6.07) is 0.154. The molecule has 128 valence electrons. The smallest absolute Gasteiger partial charge is 0.221 e. The van der Waals surface area contributed by atoms with Gasteiger partial charge in [-0.2, -0.15) is 0 Å². The van der Waals surface area contributed by atoms with Crippen molar-refractivity contribution in [2.24, 2.45) is 0 Å². The lowest BCUT2D eigenvalue weighted by molar-refractivity contribution is -0.122. The van der Waals surface area contributed by atoms with Crippen LogP contribution in [-0.4, -0.2) is 43.2 Å². The third kappa shape index (κ3) is 5.26. The van der Waals surface area contributed by atoms with Gasteiger partial charge in [-0.15, -0.1) is 11.3 Å². The summed E-state index contributed by atoms with van der Waals surface area (Å²) in [5.41, 5.74) is 1.28. The Morgan fingerprint density at radius 2 is 2.26 bits per heavy atom. The molecule has 1 amide bonds. The van der Waals surface area contributed by atoms with E-state index in [1.54, 1.807) is 11.3 Å². The zero-order chi connectivity index (χ0) is 15.9. The molecule has 1 aromatic heterocycles. The molecule has 1 unspecified atom stereocenters. The summed E-state index contributed by atoms with van der Waals surface area (Å²) in [5, 5.41) is 9.66. The van der Waals surface area contributed by atoms with E-state index < -0.39 is 0 Å².